The summed E-state index contributed by atoms with van der Waals surface area (Å²) in [4.78, 5) is 0. The van der Waals surface area contributed by atoms with Crippen molar-refractivity contribution in [1.29, 1.82) is 0 Å². The van der Waals surface area contributed by atoms with Crippen LogP contribution in [0.15, 0.2) is 30.3 Å². The monoisotopic (exact) mass is 269 g/mol. The Morgan fingerprint density at radius 3 is 2.39 bits per heavy atom. The Bertz CT molecular complexity index is 466. The minimum absolute atomic E-state index is 0.226. The van der Waals surface area contributed by atoms with Crippen LogP contribution in [0.25, 0.3) is 0 Å². The van der Waals surface area contributed by atoms with E-state index in [-0.39, 0.29) is 11.9 Å². The van der Waals surface area contributed by atoms with Crippen LogP contribution in [0.3, 0.4) is 0 Å². The van der Waals surface area contributed by atoms with Crippen molar-refractivity contribution in [3.05, 3.63) is 35.9 Å². The Morgan fingerprint density at radius 1 is 1.22 bits per heavy atom. The molecule has 4 nitrogen and oxygen atoms in total. The topological polar surface area (TPSA) is 66.4 Å². The van der Waals surface area contributed by atoms with Gasteiger partial charge in [-0.1, -0.05) is 43.2 Å². The summed E-state index contributed by atoms with van der Waals surface area (Å²) in [6, 6.07) is 8.63. The molecule has 2 rings (SSSR count). The molecule has 5 heteroatoms. The third-order valence-corrected chi connectivity index (χ3v) is 5.39. The lowest BCUT2D eigenvalue weighted by molar-refractivity contribution is 0.258. The predicted molar refractivity (Wildman–Crippen MR) is 70.6 cm³/mol. The quantitative estimate of drug-likeness (QED) is 0.853. The largest absolute Gasteiger partial charge is 0.394 e. The van der Waals surface area contributed by atoms with Gasteiger partial charge in [0, 0.05) is 0 Å². The maximum absolute atomic E-state index is 12.2. The standard InChI is InChI=1S/C13H19NO3S/c15-10-13(11-6-2-1-3-7-11)14-18(16,17)12-8-4-5-9-12/h1-3,6-7,12-15H,4-5,8-10H2/t13-/m0/s1. The normalized spacial score (nSPS) is 18.9. The van der Waals surface area contributed by atoms with Gasteiger partial charge in [0.2, 0.25) is 10.0 Å². The zero-order valence-corrected chi connectivity index (χ0v) is 11.1. The Hall–Kier alpha value is -0.910. The molecule has 0 spiro atoms. The maximum atomic E-state index is 12.2. The van der Waals surface area contributed by atoms with Gasteiger partial charge in [0.05, 0.1) is 17.9 Å². The van der Waals surface area contributed by atoms with E-state index in [9.17, 15) is 13.5 Å². The second-order valence-corrected chi connectivity index (χ2v) is 6.71. The summed E-state index contributed by atoms with van der Waals surface area (Å²) >= 11 is 0. The summed E-state index contributed by atoms with van der Waals surface area (Å²) in [5.41, 5.74) is 0.793. The molecule has 1 aromatic carbocycles. The van der Waals surface area contributed by atoms with E-state index >= 15 is 0 Å². The molecule has 0 unspecified atom stereocenters. The van der Waals surface area contributed by atoms with Crippen molar-refractivity contribution in [2.75, 3.05) is 6.61 Å². The van der Waals surface area contributed by atoms with Crippen LogP contribution < -0.4 is 4.72 Å². The number of aliphatic hydroxyl groups is 1. The molecular formula is C13H19NO3S. The molecule has 2 N–H and O–H groups in total. The molecule has 0 radical (unpaired) electrons. The van der Waals surface area contributed by atoms with Crippen LogP contribution in [-0.4, -0.2) is 25.4 Å². The highest BCUT2D eigenvalue weighted by molar-refractivity contribution is 7.90. The summed E-state index contributed by atoms with van der Waals surface area (Å²) in [7, 11) is -3.33. The summed E-state index contributed by atoms with van der Waals surface area (Å²) in [5.74, 6) is 0. The van der Waals surface area contributed by atoms with Crippen LogP contribution in [0.4, 0.5) is 0 Å². The molecule has 0 aromatic heterocycles. The first-order chi connectivity index (χ1) is 8.63. The van der Waals surface area contributed by atoms with Crippen molar-refractivity contribution in [2.24, 2.45) is 0 Å². The third kappa shape index (κ3) is 3.10. The third-order valence-electron chi connectivity index (χ3n) is 3.43. The number of benzene rings is 1. The van der Waals surface area contributed by atoms with Gasteiger partial charge in [-0.05, 0) is 18.4 Å². The van der Waals surface area contributed by atoms with Gasteiger partial charge in [-0.3, -0.25) is 0 Å². The summed E-state index contributed by atoms with van der Waals surface area (Å²) in [6.07, 6.45) is 3.39. The first-order valence-electron chi connectivity index (χ1n) is 6.30. The fourth-order valence-electron chi connectivity index (χ4n) is 2.39. The van der Waals surface area contributed by atoms with E-state index < -0.39 is 16.1 Å². The number of aliphatic hydroxyl groups excluding tert-OH is 1. The molecule has 0 aliphatic heterocycles. The van der Waals surface area contributed by atoms with E-state index in [0.29, 0.717) is 0 Å². The van der Waals surface area contributed by atoms with Crippen molar-refractivity contribution in [2.45, 2.75) is 37.0 Å². The smallest absolute Gasteiger partial charge is 0.215 e. The summed E-state index contributed by atoms with van der Waals surface area (Å²) in [6.45, 7) is -0.226. The fraction of sp³-hybridized carbons (Fsp3) is 0.538. The van der Waals surface area contributed by atoms with Crippen molar-refractivity contribution >= 4 is 10.0 Å². The van der Waals surface area contributed by atoms with E-state index in [2.05, 4.69) is 4.72 Å². The van der Waals surface area contributed by atoms with E-state index in [1.165, 1.54) is 0 Å². The second-order valence-electron chi connectivity index (χ2n) is 4.72. The Balaban J connectivity index is 2.11. The maximum Gasteiger partial charge on any atom is 0.215 e. The highest BCUT2D eigenvalue weighted by Crippen LogP contribution is 2.25. The molecule has 0 bridgehead atoms. The van der Waals surface area contributed by atoms with Gasteiger partial charge in [-0.2, -0.15) is 0 Å². The van der Waals surface area contributed by atoms with Gasteiger partial charge >= 0.3 is 0 Å². The zero-order chi connectivity index (χ0) is 13.0. The van der Waals surface area contributed by atoms with E-state index in [1.807, 2.05) is 30.3 Å². The Morgan fingerprint density at radius 2 is 1.83 bits per heavy atom. The highest BCUT2D eigenvalue weighted by atomic mass is 32.2. The molecular weight excluding hydrogens is 250 g/mol. The predicted octanol–water partition coefficient (Wildman–Crippen LogP) is 1.58. The number of hydrogen-bond donors (Lipinski definition) is 2. The van der Waals surface area contributed by atoms with Crippen LogP contribution >= 0.6 is 0 Å². The van der Waals surface area contributed by atoms with Gasteiger partial charge in [0.25, 0.3) is 0 Å². The number of nitrogens with one attached hydrogen (secondary N) is 1. The van der Waals surface area contributed by atoms with Crippen LogP contribution in [0.5, 0.6) is 0 Å². The van der Waals surface area contributed by atoms with E-state index in [1.54, 1.807) is 0 Å². The van der Waals surface area contributed by atoms with Crippen LogP contribution in [0, 0.1) is 0 Å². The molecule has 1 fully saturated rings. The van der Waals surface area contributed by atoms with Crippen molar-refractivity contribution in [3.8, 4) is 0 Å². The Kier molecular flexibility index (Phi) is 4.37. The van der Waals surface area contributed by atoms with Crippen molar-refractivity contribution in [1.82, 2.24) is 4.72 Å². The fourth-order valence-corrected chi connectivity index (χ4v) is 4.14. The van der Waals surface area contributed by atoms with Crippen LogP contribution in [0.1, 0.15) is 37.3 Å². The molecule has 0 amide bonds. The molecule has 0 saturated heterocycles. The van der Waals surface area contributed by atoms with Crippen LogP contribution in [-0.2, 0) is 10.0 Å². The molecule has 1 aromatic rings. The molecule has 1 aliphatic rings. The molecule has 1 aliphatic carbocycles. The number of rotatable bonds is 5. The van der Waals surface area contributed by atoms with E-state index in [0.717, 1.165) is 31.2 Å². The first kappa shape index (κ1) is 13.5. The SMILES string of the molecule is O=S(=O)(N[C@@H](CO)c1ccccc1)C1CCCC1. The average molecular weight is 269 g/mol. The van der Waals surface area contributed by atoms with E-state index in [4.69, 9.17) is 0 Å². The zero-order valence-electron chi connectivity index (χ0n) is 10.2. The first-order valence-corrected chi connectivity index (χ1v) is 7.85. The summed E-state index contributed by atoms with van der Waals surface area (Å²) in [5, 5.41) is 9.06. The summed E-state index contributed by atoms with van der Waals surface area (Å²) < 4.78 is 26.9. The van der Waals surface area contributed by atoms with Crippen LogP contribution in [0.2, 0.25) is 0 Å². The minimum Gasteiger partial charge on any atom is -0.394 e. The van der Waals surface area contributed by atoms with Gasteiger partial charge in [0.15, 0.2) is 0 Å². The average Bonchev–Trinajstić information content (AvgIpc) is 2.92. The molecule has 0 heterocycles. The lowest BCUT2D eigenvalue weighted by Crippen LogP contribution is -2.37. The minimum atomic E-state index is -3.33. The second kappa shape index (κ2) is 5.82. The molecule has 18 heavy (non-hydrogen) atoms. The van der Waals surface area contributed by atoms with Crippen molar-refractivity contribution in [3.63, 3.8) is 0 Å². The number of sulfonamides is 1. The van der Waals surface area contributed by atoms with Gasteiger partial charge in [-0.15, -0.1) is 0 Å². The molecule has 100 valence electrons. The Labute approximate surface area is 108 Å². The van der Waals surface area contributed by atoms with Gasteiger partial charge < -0.3 is 5.11 Å². The van der Waals surface area contributed by atoms with Gasteiger partial charge in [-0.25, -0.2) is 13.1 Å². The van der Waals surface area contributed by atoms with Crippen molar-refractivity contribution < 1.29 is 13.5 Å². The molecule has 1 atom stereocenters. The lowest BCUT2D eigenvalue weighted by Gasteiger charge is -2.19. The highest BCUT2D eigenvalue weighted by Gasteiger charge is 2.30. The molecule has 1 saturated carbocycles. The van der Waals surface area contributed by atoms with Gasteiger partial charge in [0.1, 0.15) is 0 Å². The lowest BCUT2D eigenvalue weighted by atomic mass is 10.1. The number of hydrogen-bond acceptors (Lipinski definition) is 3.